The van der Waals surface area contributed by atoms with Crippen LogP contribution in [0.5, 0.6) is 5.75 Å². The highest BCUT2D eigenvalue weighted by molar-refractivity contribution is 5.28. The summed E-state index contributed by atoms with van der Waals surface area (Å²) in [6.07, 6.45) is -0.599. The lowest BCUT2D eigenvalue weighted by Gasteiger charge is -2.28. The van der Waals surface area contributed by atoms with Gasteiger partial charge in [0.25, 0.3) is 0 Å². The van der Waals surface area contributed by atoms with E-state index in [4.69, 9.17) is 0 Å². The predicted octanol–water partition coefficient (Wildman–Crippen LogP) is 3.23. The zero-order valence-electron chi connectivity index (χ0n) is 11.7. The van der Waals surface area contributed by atoms with E-state index in [1.807, 2.05) is 0 Å². The van der Waals surface area contributed by atoms with Crippen molar-refractivity contribution in [3.8, 4) is 5.75 Å². The lowest BCUT2D eigenvalue weighted by molar-refractivity contribution is -0.274. The van der Waals surface area contributed by atoms with Gasteiger partial charge in [0.1, 0.15) is 5.75 Å². The van der Waals surface area contributed by atoms with Crippen molar-refractivity contribution in [3.05, 3.63) is 29.8 Å². The minimum Gasteiger partial charge on any atom is -0.406 e. The number of ether oxygens (including phenoxy) is 1. The number of alkyl halides is 3. The smallest absolute Gasteiger partial charge is 0.406 e. The molecule has 0 heterocycles. The lowest BCUT2D eigenvalue weighted by atomic mass is 9.86. The van der Waals surface area contributed by atoms with Crippen LogP contribution in [-0.2, 0) is 6.54 Å². The number of benzene rings is 1. The van der Waals surface area contributed by atoms with Gasteiger partial charge in [0.15, 0.2) is 0 Å². The predicted molar refractivity (Wildman–Crippen MR) is 72.8 cm³/mol. The van der Waals surface area contributed by atoms with Gasteiger partial charge in [0.2, 0.25) is 0 Å². The highest BCUT2D eigenvalue weighted by Crippen LogP contribution is 2.25. The second-order valence-corrected chi connectivity index (χ2v) is 5.49. The number of hydrogen-bond donors (Lipinski definition) is 2. The molecule has 0 aromatic heterocycles. The maximum Gasteiger partial charge on any atom is 0.573 e. The molecule has 0 unspecified atom stereocenters. The monoisotopic (exact) mass is 303 g/mol. The Balaban J connectivity index is 1.87. The maximum absolute atomic E-state index is 12.2. The Hall–Kier alpha value is -1.27. The molecule has 1 fully saturated rings. The number of aliphatic hydroxyl groups is 1. The van der Waals surface area contributed by atoms with Crippen LogP contribution in [0.2, 0.25) is 0 Å². The Morgan fingerprint density at radius 2 is 2.10 bits per heavy atom. The minimum absolute atomic E-state index is 0.196. The molecule has 1 aliphatic carbocycles. The molecule has 0 bridgehead atoms. The zero-order valence-corrected chi connectivity index (χ0v) is 11.7. The van der Waals surface area contributed by atoms with Crippen LogP contribution in [0, 0.1) is 5.92 Å². The average molecular weight is 303 g/mol. The summed E-state index contributed by atoms with van der Waals surface area (Å²) in [5.74, 6) is 0.134. The van der Waals surface area contributed by atoms with Gasteiger partial charge in [-0.2, -0.15) is 0 Å². The normalized spacial score (nSPS) is 23.0. The first-order valence-electron chi connectivity index (χ1n) is 7.15. The van der Waals surface area contributed by atoms with Gasteiger partial charge in [-0.15, -0.1) is 13.2 Å². The summed E-state index contributed by atoms with van der Waals surface area (Å²) in [6.45, 7) is 0.699. The number of aliphatic hydroxyl groups excluding tert-OH is 1. The third-order valence-electron chi connectivity index (χ3n) is 3.77. The summed E-state index contributed by atoms with van der Waals surface area (Å²) in [5, 5.41) is 12.5. The van der Waals surface area contributed by atoms with Gasteiger partial charge in [-0.1, -0.05) is 18.6 Å². The summed E-state index contributed by atoms with van der Waals surface area (Å²) in [6, 6.07) is 6.31. The molecule has 6 heteroatoms. The fraction of sp³-hybridized carbons (Fsp3) is 0.600. The summed E-state index contributed by atoms with van der Waals surface area (Å²) >= 11 is 0. The maximum atomic E-state index is 12.2. The van der Waals surface area contributed by atoms with Gasteiger partial charge in [-0.25, -0.2) is 0 Å². The van der Waals surface area contributed by atoms with E-state index < -0.39 is 6.36 Å². The Labute approximate surface area is 122 Å². The summed E-state index contributed by atoms with van der Waals surface area (Å²) in [7, 11) is 0. The lowest BCUT2D eigenvalue weighted by Crippen LogP contribution is -2.34. The molecule has 0 saturated heterocycles. The number of halogens is 3. The molecule has 0 spiro atoms. The molecule has 0 radical (unpaired) electrons. The minimum atomic E-state index is -4.66. The van der Waals surface area contributed by atoms with Crippen molar-refractivity contribution >= 4 is 0 Å². The second-order valence-electron chi connectivity index (χ2n) is 5.49. The van der Waals surface area contributed by atoms with Crippen molar-refractivity contribution in [1.29, 1.82) is 0 Å². The van der Waals surface area contributed by atoms with E-state index in [0.717, 1.165) is 31.2 Å². The van der Waals surface area contributed by atoms with E-state index in [0.29, 0.717) is 18.5 Å². The molecule has 2 rings (SSSR count). The Kier molecular flexibility index (Phi) is 5.47. The van der Waals surface area contributed by atoms with Crippen LogP contribution in [0.15, 0.2) is 24.3 Å². The average Bonchev–Trinajstić information content (AvgIpc) is 2.44. The van der Waals surface area contributed by atoms with Crippen LogP contribution in [0.3, 0.4) is 0 Å². The van der Waals surface area contributed by atoms with Crippen molar-refractivity contribution < 1.29 is 23.0 Å². The molecule has 2 atom stereocenters. The third kappa shape index (κ3) is 5.55. The number of hydrogen-bond acceptors (Lipinski definition) is 3. The van der Waals surface area contributed by atoms with E-state index in [-0.39, 0.29) is 12.4 Å². The molecule has 0 aliphatic heterocycles. The molecule has 1 saturated carbocycles. The molecule has 1 aromatic rings. The van der Waals surface area contributed by atoms with Crippen LogP contribution >= 0.6 is 0 Å². The van der Waals surface area contributed by atoms with Crippen molar-refractivity contribution in [3.63, 3.8) is 0 Å². The number of rotatable bonds is 5. The van der Waals surface area contributed by atoms with Gasteiger partial charge in [0.05, 0.1) is 0 Å². The van der Waals surface area contributed by atoms with Crippen LogP contribution < -0.4 is 10.1 Å². The Morgan fingerprint density at radius 3 is 2.81 bits per heavy atom. The molecule has 3 nitrogen and oxygen atoms in total. The largest absolute Gasteiger partial charge is 0.573 e. The van der Waals surface area contributed by atoms with Crippen molar-refractivity contribution in [2.75, 3.05) is 6.61 Å². The van der Waals surface area contributed by atoms with Crippen LogP contribution in [0.4, 0.5) is 13.2 Å². The van der Waals surface area contributed by atoms with E-state index >= 15 is 0 Å². The zero-order chi connectivity index (χ0) is 15.3. The van der Waals surface area contributed by atoms with Gasteiger partial charge in [-0.3, -0.25) is 0 Å². The van der Waals surface area contributed by atoms with Crippen LogP contribution in [0.1, 0.15) is 31.2 Å². The first-order valence-corrected chi connectivity index (χ1v) is 7.15. The van der Waals surface area contributed by atoms with Crippen molar-refractivity contribution in [1.82, 2.24) is 5.32 Å². The molecule has 2 N–H and O–H groups in total. The highest BCUT2D eigenvalue weighted by atomic mass is 19.4. The van der Waals surface area contributed by atoms with Gasteiger partial charge < -0.3 is 15.2 Å². The first kappa shape index (κ1) is 16.1. The Bertz CT molecular complexity index is 451. The molecular weight excluding hydrogens is 283 g/mol. The van der Waals surface area contributed by atoms with E-state index in [1.165, 1.54) is 12.1 Å². The fourth-order valence-corrected chi connectivity index (χ4v) is 2.76. The number of nitrogens with one attached hydrogen (secondary N) is 1. The highest BCUT2D eigenvalue weighted by Gasteiger charge is 2.31. The topological polar surface area (TPSA) is 41.5 Å². The molecule has 0 amide bonds. The quantitative estimate of drug-likeness (QED) is 0.877. The molecule has 118 valence electrons. The molecular formula is C15H20F3NO2. The second kappa shape index (κ2) is 7.13. The van der Waals surface area contributed by atoms with E-state index in [1.54, 1.807) is 12.1 Å². The molecule has 21 heavy (non-hydrogen) atoms. The van der Waals surface area contributed by atoms with Crippen molar-refractivity contribution in [2.45, 2.75) is 44.6 Å². The van der Waals surface area contributed by atoms with Crippen LogP contribution in [0.25, 0.3) is 0 Å². The van der Waals surface area contributed by atoms with Crippen molar-refractivity contribution in [2.24, 2.45) is 5.92 Å². The van der Waals surface area contributed by atoms with Gasteiger partial charge in [0, 0.05) is 19.2 Å². The third-order valence-corrected chi connectivity index (χ3v) is 3.77. The van der Waals surface area contributed by atoms with Gasteiger partial charge >= 0.3 is 6.36 Å². The summed E-state index contributed by atoms with van der Waals surface area (Å²) in [5.41, 5.74) is 0.753. The van der Waals surface area contributed by atoms with Gasteiger partial charge in [-0.05, 0) is 42.9 Å². The molecule has 1 aromatic carbocycles. The standard InChI is InChI=1S/C15H20F3NO2/c16-15(17,18)21-14-6-2-3-11(8-14)9-19-13-5-1-4-12(7-13)10-20/h2-3,6,8,12-13,19-20H,1,4-5,7,9-10H2/t12-,13+/m0/s1. The van der Waals surface area contributed by atoms with Crippen LogP contribution in [-0.4, -0.2) is 24.1 Å². The Morgan fingerprint density at radius 1 is 1.29 bits per heavy atom. The molecule has 1 aliphatic rings. The summed E-state index contributed by atoms with van der Waals surface area (Å²) in [4.78, 5) is 0. The first-order chi connectivity index (χ1) is 9.96. The fourth-order valence-electron chi connectivity index (χ4n) is 2.76. The summed E-state index contributed by atoms with van der Waals surface area (Å²) < 4.78 is 40.4. The SMILES string of the molecule is OC[C@H]1CCC[C@@H](NCc2cccc(OC(F)(F)F)c2)C1. The van der Waals surface area contributed by atoms with E-state index in [9.17, 15) is 18.3 Å². The van der Waals surface area contributed by atoms with E-state index in [2.05, 4.69) is 10.1 Å².